The molecule has 0 saturated carbocycles. The minimum Gasteiger partial charge on any atom is -0.508 e. The third kappa shape index (κ3) is 8.87. The molecule has 0 aromatic heterocycles. The Balaban J connectivity index is 1.26. The van der Waals surface area contributed by atoms with Crippen LogP contribution in [0.2, 0.25) is 0 Å². The highest BCUT2D eigenvalue weighted by molar-refractivity contribution is 5.97. The number of anilines is 1. The molecule has 1 amide bonds. The molecule has 1 aliphatic heterocycles. The number of carbonyl (C=O) groups excluding carboxylic acids is 2. The van der Waals surface area contributed by atoms with Gasteiger partial charge in [-0.3, -0.25) is 9.59 Å². The van der Waals surface area contributed by atoms with E-state index in [0.717, 1.165) is 22.3 Å². The molecular weight excluding hydrogens is 584 g/mol. The molecule has 0 aliphatic carbocycles. The number of ketones is 1. The van der Waals surface area contributed by atoms with Gasteiger partial charge in [0.05, 0.1) is 31.3 Å². The van der Waals surface area contributed by atoms with Gasteiger partial charge in [0.2, 0.25) is 5.91 Å². The van der Waals surface area contributed by atoms with Crippen LogP contribution in [0.15, 0.2) is 97.1 Å². The number of phenols is 1. The molecule has 240 valence electrons. The number of likely N-dealkylation sites (N-methyl/N-ethyl adjacent to an activating group) is 1. The highest BCUT2D eigenvalue weighted by Gasteiger charge is 2.33. The normalized spacial score (nSPS) is 18.7. The molecule has 1 fully saturated rings. The van der Waals surface area contributed by atoms with E-state index in [1.807, 2.05) is 60.5 Å². The van der Waals surface area contributed by atoms with E-state index in [9.17, 15) is 24.9 Å². The van der Waals surface area contributed by atoms with Gasteiger partial charge < -0.3 is 35.0 Å². The van der Waals surface area contributed by atoms with Crippen molar-refractivity contribution in [1.82, 2.24) is 4.90 Å². The summed E-state index contributed by atoms with van der Waals surface area (Å²) in [5, 5.41) is 32.9. The molecule has 0 bridgehead atoms. The Morgan fingerprint density at radius 2 is 1.61 bits per heavy atom. The van der Waals surface area contributed by atoms with Crippen molar-refractivity contribution in [1.29, 1.82) is 0 Å². The Labute approximate surface area is 269 Å². The third-order valence-electron chi connectivity index (χ3n) is 8.04. The lowest BCUT2D eigenvalue weighted by Gasteiger charge is -2.38. The van der Waals surface area contributed by atoms with Crippen LogP contribution in [0.25, 0.3) is 0 Å². The van der Waals surface area contributed by atoms with Gasteiger partial charge in [0.15, 0.2) is 12.1 Å². The average molecular weight is 625 g/mol. The van der Waals surface area contributed by atoms with Gasteiger partial charge in [0.25, 0.3) is 0 Å². The second kappa shape index (κ2) is 15.3. The zero-order valence-electron chi connectivity index (χ0n) is 26.0. The van der Waals surface area contributed by atoms with Crippen LogP contribution in [0.1, 0.15) is 70.0 Å². The molecule has 1 saturated heterocycles. The van der Waals surface area contributed by atoms with E-state index in [-0.39, 0.29) is 42.7 Å². The lowest BCUT2D eigenvalue weighted by molar-refractivity contribution is -0.252. The molecule has 0 spiro atoms. The number of aliphatic hydroxyl groups is 2. The number of phenolic OH excluding ortho intramolecular Hbond substituents is 1. The van der Waals surface area contributed by atoms with Crippen LogP contribution in [-0.4, -0.2) is 58.2 Å². The number of Topliss-reactive ketones (excluding diaryl/α,β-unsaturated/α-hetero) is 1. The summed E-state index contributed by atoms with van der Waals surface area (Å²) in [6, 6.07) is 28.7. The molecule has 46 heavy (non-hydrogen) atoms. The Morgan fingerprint density at radius 1 is 0.913 bits per heavy atom. The van der Waals surface area contributed by atoms with Crippen molar-refractivity contribution in [3.05, 3.63) is 130 Å². The second-order valence-corrected chi connectivity index (χ2v) is 11.8. The molecule has 4 atom stereocenters. The molecule has 4 unspecified atom stereocenters. The molecule has 1 aliphatic rings. The first-order chi connectivity index (χ1) is 22.2. The number of aliphatic hydroxyl groups excluding tert-OH is 2. The predicted molar refractivity (Wildman–Crippen MR) is 174 cm³/mol. The van der Waals surface area contributed by atoms with Gasteiger partial charge in [-0.1, -0.05) is 72.8 Å². The van der Waals surface area contributed by atoms with Crippen molar-refractivity contribution in [2.45, 2.75) is 51.0 Å². The smallest absolute Gasteiger partial charge is 0.228 e. The molecule has 1 heterocycles. The SMILES string of the molecule is CC(=O)c1cccc(NC(=O)Cc2ccc(C3OC(CN(C)CC(O)c4cccc(O)c4)CC(c4ccc(CO)cc4)O3)cc2)c1. The minimum absolute atomic E-state index is 0.0400. The number of hydrogen-bond donors (Lipinski definition) is 4. The number of nitrogens with zero attached hydrogens (tertiary/aromatic N) is 1. The summed E-state index contributed by atoms with van der Waals surface area (Å²) in [6.07, 6.45) is -1.19. The molecule has 5 rings (SSSR count). The van der Waals surface area contributed by atoms with Gasteiger partial charge in [-0.2, -0.15) is 0 Å². The van der Waals surface area contributed by atoms with Gasteiger partial charge in [0, 0.05) is 36.3 Å². The van der Waals surface area contributed by atoms with E-state index >= 15 is 0 Å². The van der Waals surface area contributed by atoms with Crippen LogP contribution in [0.3, 0.4) is 0 Å². The second-order valence-electron chi connectivity index (χ2n) is 11.8. The standard InChI is InChI=1S/C37H40N2O7/c1-24(41)29-5-3-7-31(18-29)38-36(44)17-25-9-15-28(16-10-25)37-45-33(20-35(46-37)27-13-11-26(23-40)12-14-27)21-39(2)22-34(43)30-6-4-8-32(42)19-30/h3-16,18-19,33-35,37,40,42-43H,17,20-23H2,1-2H3,(H,38,44). The predicted octanol–water partition coefficient (Wildman–Crippen LogP) is 5.48. The van der Waals surface area contributed by atoms with Crippen LogP contribution in [0.4, 0.5) is 5.69 Å². The van der Waals surface area contributed by atoms with Gasteiger partial charge in [-0.25, -0.2) is 0 Å². The highest BCUT2D eigenvalue weighted by Crippen LogP contribution is 2.38. The maximum atomic E-state index is 12.7. The fraction of sp³-hybridized carbons (Fsp3) is 0.297. The van der Waals surface area contributed by atoms with Gasteiger partial charge in [0.1, 0.15) is 5.75 Å². The van der Waals surface area contributed by atoms with E-state index in [2.05, 4.69) is 5.32 Å². The van der Waals surface area contributed by atoms with Crippen molar-refractivity contribution in [2.75, 3.05) is 25.5 Å². The van der Waals surface area contributed by atoms with E-state index in [0.29, 0.717) is 36.3 Å². The van der Waals surface area contributed by atoms with Crippen molar-refractivity contribution < 1.29 is 34.4 Å². The fourth-order valence-corrected chi connectivity index (χ4v) is 5.59. The monoisotopic (exact) mass is 624 g/mol. The zero-order chi connectivity index (χ0) is 32.6. The molecule has 9 nitrogen and oxygen atoms in total. The number of amides is 1. The highest BCUT2D eigenvalue weighted by atomic mass is 16.7. The topological polar surface area (TPSA) is 129 Å². The maximum Gasteiger partial charge on any atom is 0.228 e. The van der Waals surface area contributed by atoms with E-state index in [1.165, 1.54) is 6.92 Å². The number of ether oxygens (including phenoxy) is 2. The molecule has 4 N–H and O–H groups in total. The Hall–Kier alpha value is -4.38. The molecule has 0 radical (unpaired) electrons. The number of nitrogens with one attached hydrogen (secondary N) is 1. The Bertz CT molecular complexity index is 1620. The first-order valence-electron chi connectivity index (χ1n) is 15.3. The van der Waals surface area contributed by atoms with Crippen molar-refractivity contribution in [2.24, 2.45) is 0 Å². The van der Waals surface area contributed by atoms with E-state index in [4.69, 9.17) is 9.47 Å². The van der Waals surface area contributed by atoms with Crippen LogP contribution in [0.5, 0.6) is 5.75 Å². The first-order valence-corrected chi connectivity index (χ1v) is 15.3. The minimum atomic E-state index is -0.780. The molecule has 9 heteroatoms. The summed E-state index contributed by atoms with van der Waals surface area (Å²) >= 11 is 0. The Kier molecular flexibility index (Phi) is 11.0. The summed E-state index contributed by atoms with van der Waals surface area (Å²) in [5.74, 6) is -0.153. The quantitative estimate of drug-likeness (QED) is 0.153. The van der Waals surface area contributed by atoms with Crippen molar-refractivity contribution in [3.8, 4) is 5.75 Å². The summed E-state index contributed by atoms with van der Waals surface area (Å²) < 4.78 is 12.9. The largest absolute Gasteiger partial charge is 0.508 e. The van der Waals surface area contributed by atoms with Crippen LogP contribution in [-0.2, 0) is 27.3 Å². The van der Waals surface area contributed by atoms with E-state index in [1.54, 1.807) is 48.5 Å². The molecular formula is C37H40N2O7. The average Bonchev–Trinajstić information content (AvgIpc) is 3.05. The number of aromatic hydroxyl groups is 1. The number of rotatable bonds is 12. The Morgan fingerprint density at radius 3 is 2.30 bits per heavy atom. The van der Waals surface area contributed by atoms with Gasteiger partial charge in [-0.05, 0) is 60.5 Å². The van der Waals surface area contributed by atoms with Crippen LogP contribution in [0, 0.1) is 0 Å². The number of benzene rings is 4. The first kappa shape index (κ1) is 33.0. The van der Waals surface area contributed by atoms with Crippen LogP contribution < -0.4 is 5.32 Å². The summed E-state index contributed by atoms with van der Waals surface area (Å²) in [4.78, 5) is 26.4. The third-order valence-corrected chi connectivity index (χ3v) is 8.04. The molecule has 4 aromatic carbocycles. The zero-order valence-corrected chi connectivity index (χ0v) is 26.0. The summed E-state index contributed by atoms with van der Waals surface area (Å²) in [6.45, 7) is 2.33. The molecule has 4 aromatic rings. The van der Waals surface area contributed by atoms with Crippen molar-refractivity contribution >= 4 is 17.4 Å². The maximum absolute atomic E-state index is 12.7. The van der Waals surface area contributed by atoms with Crippen LogP contribution >= 0.6 is 0 Å². The lowest BCUT2D eigenvalue weighted by atomic mass is 9.99. The lowest BCUT2D eigenvalue weighted by Crippen LogP contribution is -2.39. The van der Waals surface area contributed by atoms with E-state index < -0.39 is 12.4 Å². The summed E-state index contributed by atoms with van der Waals surface area (Å²) in [5.41, 5.74) is 5.15. The number of hydrogen-bond acceptors (Lipinski definition) is 8. The summed E-state index contributed by atoms with van der Waals surface area (Å²) in [7, 11) is 1.92. The van der Waals surface area contributed by atoms with Crippen molar-refractivity contribution in [3.63, 3.8) is 0 Å². The fourth-order valence-electron chi connectivity index (χ4n) is 5.59. The van der Waals surface area contributed by atoms with Gasteiger partial charge >= 0.3 is 0 Å². The number of carbonyl (C=O) groups is 2. The van der Waals surface area contributed by atoms with Gasteiger partial charge in [-0.15, -0.1) is 0 Å².